The molecule has 0 saturated carbocycles. The molecule has 2 saturated heterocycles. The molecule has 0 amide bonds. The van der Waals surface area contributed by atoms with Crippen LogP contribution in [0.5, 0.6) is 0 Å². The van der Waals surface area contributed by atoms with E-state index in [-0.39, 0.29) is 38.2 Å². The highest BCUT2D eigenvalue weighted by Gasteiger charge is 2.48. The number of hydrogen-bond donors (Lipinski definition) is 11. The highest BCUT2D eigenvalue weighted by atomic mass is 16.7. The molecular formula is C52H79NO17. The van der Waals surface area contributed by atoms with Crippen molar-refractivity contribution >= 4 is 11.9 Å². The molecule has 2 fully saturated rings. The number of cyclic esters (lactones) is 1. The van der Waals surface area contributed by atoms with E-state index in [1.807, 2.05) is 43.4 Å². The second kappa shape index (κ2) is 30.8. The average Bonchev–Trinajstić information content (AvgIpc) is 3.29. The van der Waals surface area contributed by atoms with Crippen LogP contribution in [-0.2, 0) is 33.3 Å². The van der Waals surface area contributed by atoms with E-state index in [0.29, 0.717) is 0 Å². The lowest BCUT2D eigenvalue weighted by atomic mass is 9.82. The quantitative estimate of drug-likeness (QED) is 0.103. The molecular weight excluding hydrogens is 911 g/mol. The van der Waals surface area contributed by atoms with Gasteiger partial charge >= 0.3 is 11.9 Å². The molecule has 18 nitrogen and oxygen atoms in total. The van der Waals surface area contributed by atoms with Crippen LogP contribution < -0.4 is 5.73 Å². The number of fused-ring (bicyclic) bond motifs is 2. The number of esters is 2. The minimum atomic E-state index is -2.23. The van der Waals surface area contributed by atoms with Crippen molar-refractivity contribution < 1.29 is 84.3 Å². The number of nitrogens with two attached hydrogens (primary N) is 1. The molecule has 0 aromatic rings. The van der Waals surface area contributed by atoms with Gasteiger partial charge in [0.1, 0.15) is 18.8 Å². The van der Waals surface area contributed by atoms with Crippen LogP contribution in [0.15, 0.2) is 110 Å². The molecule has 3 aliphatic heterocycles. The first-order chi connectivity index (χ1) is 33.1. The summed E-state index contributed by atoms with van der Waals surface area (Å²) in [6, 6.07) is -1.12. The number of carbonyl (C=O) groups excluding carboxylic acids is 2. The molecule has 0 unspecified atom stereocenters. The zero-order valence-corrected chi connectivity index (χ0v) is 40.7. The average molecular weight is 990 g/mol. The topological polar surface area (TPSA) is 309 Å². The van der Waals surface area contributed by atoms with Crippen LogP contribution in [0.3, 0.4) is 0 Å². The van der Waals surface area contributed by atoms with Crippen LogP contribution in [0.2, 0.25) is 0 Å². The van der Waals surface area contributed by atoms with E-state index in [0.717, 1.165) is 6.08 Å². The van der Waals surface area contributed by atoms with Gasteiger partial charge in [0.15, 0.2) is 12.1 Å². The van der Waals surface area contributed by atoms with Crippen molar-refractivity contribution in [2.75, 3.05) is 6.61 Å². The zero-order chi connectivity index (χ0) is 52.0. The molecule has 0 aromatic carbocycles. The van der Waals surface area contributed by atoms with E-state index in [1.54, 1.807) is 69.4 Å². The molecule has 3 heterocycles. The van der Waals surface area contributed by atoms with E-state index in [2.05, 4.69) is 6.58 Å². The number of hydrogen-bond acceptors (Lipinski definition) is 18. The first-order valence-electron chi connectivity index (χ1n) is 24.1. The second-order valence-corrected chi connectivity index (χ2v) is 18.6. The third-order valence-electron chi connectivity index (χ3n) is 12.6. The third-order valence-corrected chi connectivity index (χ3v) is 12.6. The van der Waals surface area contributed by atoms with Crippen molar-refractivity contribution in [3.8, 4) is 0 Å². The molecule has 12 N–H and O–H groups in total. The Kier molecular flexibility index (Phi) is 26.6. The minimum absolute atomic E-state index is 0.0759. The fourth-order valence-corrected chi connectivity index (χ4v) is 8.30. The lowest BCUT2D eigenvalue weighted by Gasteiger charge is -2.46. The highest BCUT2D eigenvalue weighted by molar-refractivity contribution is 5.82. The Morgan fingerprint density at radius 2 is 1.33 bits per heavy atom. The van der Waals surface area contributed by atoms with E-state index in [9.17, 15) is 60.7 Å². The fourth-order valence-electron chi connectivity index (χ4n) is 8.30. The standard InChI is InChI=1S/C52H79NO17/c1-6-25-66-45(60)24-22-40-43(59)31-52(65)30-38(56)27-42(58)41(57)23-21-36(54)26-37(55)28-46(61)67-34(4)33(3)48(62)32(2)19-17-15-13-11-9-7-8-10-12-14-16-18-20-39(29-44(40)70-52)69-51-50(64)47(53)49(63)35(5)68-51/h6-20,22,24,32-44,47-51,54-59,62-65H,1,21,23,25-31,53H2,2-5H3/b8-7+,11-9+,12-10+,15-13+,16-14+,19-17+,20-18+,24-22+/t32-,33-,34-,35+,36+,37+,38-,39-,40+,41+,42+,43-,44-,47-,48+,49+,50-,51-,52+/m0/s1. The van der Waals surface area contributed by atoms with Gasteiger partial charge in [-0.25, -0.2) is 4.79 Å². The summed E-state index contributed by atoms with van der Waals surface area (Å²) < 4.78 is 28.8. The van der Waals surface area contributed by atoms with Gasteiger partial charge in [-0.1, -0.05) is 118 Å². The van der Waals surface area contributed by atoms with Gasteiger partial charge in [0.2, 0.25) is 0 Å². The lowest BCUT2D eigenvalue weighted by molar-refractivity contribution is -0.306. The predicted octanol–water partition coefficient (Wildman–Crippen LogP) is 1.91. The van der Waals surface area contributed by atoms with Crippen LogP contribution in [0, 0.1) is 17.8 Å². The Labute approximate surface area is 411 Å². The molecule has 18 heteroatoms. The Hall–Kier alpha value is -3.96. The van der Waals surface area contributed by atoms with Gasteiger partial charge in [-0.2, -0.15) is 0 Å². The van der Waals surface area contributed by atoms with Gasteiger partial charge in [0.05, 0.1) is 79.6 Å². The van der Waals surface area contributed by atoms with E-state index >= 15 is 0 Å². The van der Waals surface area contributed by atoms with Gasteiger partial charge < -0.3 is 80.5 Å². The van der Waals surface area contributed by atoms with Crippen molar-refractivity contribution in [3.05, 3.63) is 110 Å². The Balaban J connectivity index is 1.93. The number of carbonyl (C=O) groups is 2. The molecule has 3 aliphatic rings. The molecule has 0 aromatic heterocycles. The maximum Gasteiger partial charge on any atom is 0.330 e. The van der Waals surface area contributed by atoms with Crippen molar-refractivity contribution in [1.29, 1.82) is 0 Å². The van der Waals surface area contributed by atoms with Crippen LogP contribution in [0.1, 0.15) is 79.1 Å². The first-order valence-corrected chi connectivity index (χ1v) is 24.1. The monoisotopic (exact) mass is 990 g/mol. The predicted molar refractivity (Wildman–Crippen MR) is 260 cm³/mol. The van der Waals surface area contributed by atoms with Crippen LogP contribution in [-0.4, -0.2) is 167 Å². The first kappa shape index (κ1) is 60.3. The number of ether oxygens (including phenoxy) is 5. The lowest BCUT2D eigenvalue weighted by Crippen LogP contribution is -2.61. The van der Waals surface area contributed by atoms with Crippen LogP contribution >= 0.6 is 0 Å². The molecule has 0 radical (unpaired) electrons. The van der Waals surface area contributed by atoms with Crippen molar-refractivity contribution in [1.82, 2.24) is 0 Å². The minimum Gasteiger partial charge on any atom is -0.462 e. The van der Waals surface area contributed by atoms with E-state index in [1.165, 1.54) is 12.2 Å². The summed E-state index contributed by atoms with van der Waals surface area (Å²) in [6.07, 6.45) is 9.19. The molecule has 0 spiro atoms. The van der Waals surface area contributed by atoms with Crippen molar-refractivity contribution in [2.45, 2.75) is 177 Å². The SMILES string of the molecule is C=CCOC(=O)/C=C/[C@H]1[C@@H]2C[C@@H](O[C@@H]3O[C@H](C)[C@@H](O)[C@H](N)[C@@H]3O)/C=C/C=C/C=C/C=C/C=C/C=C/C=C/[C@H](C)[C@@H](O)[C@@H](C)[C@H](C)OC(=O)C[C@H](O)C[C@H](O)CC[C@@H](O)[C@H](O)C[C@H](O)C[C@](O)(C[C@@H]1O)O2. The van der Waals surface area contributed by atoms with Crippen molar-refractivity contribution in [2.24, 2.45) is 23.5 Å². The maximum absolute atomic E-state index is 12.7. The second-order valence-electron chi connectivity index (χ2n) is 18.6. The number of aliphatic hydroxyl groups is 10. The normalized spacial score (nSPS) is 43.1. The molecule has 2 bridgehead atoms. The largest absolute Gasteiger partial charge is 0.462 e. The van der Waals surface area contributed by atoms with Gasteiger partial charge in [-0.05, 0) is 33.1 Å². The van der Waals surface area contributed by atoms with Gasteiger partial charge in [-0.3, -0.25) is 4.79 Å². The summed E-state index contributed by atoms with van der Waals surface area (Å²) in [5, 5.41) is 110. The summed E-state index contributed by atoms with van der Waals surface area (Å²) in [4.78, 5) is 25.2. The highest BCUT2D eigenvalue weighted by Crippen LogP contribution is 2.38. The number of rotatable bonds is 6. The van der Waals surface area contributed by atoms with Crippen LogP contribution in [0.25, 0.3) is 0 Å². The van der Waals surface area contributed by atoms with E-state index < -0.39 is 147 Å². The maximum atomic E-state index is 12.7. The van der Waals surface area contributed by atoms with Gasteiger partial charge in [-0.15, -0.1) is 0 Å². The number of allylic oxidation sites excluding steroid dienone is 12. The summed E-state index contributed by atoms with van der Waals surface area (Å²) >= 11 is 0. The smallest absolute Gasteiger partial charge is 0.330 e. The van der Waals surface area contributed by atoms with Crippen molar-refractivity contribution in [3.63, 3.8) is 0 Å². The summed E-state index contributed by atoms with van der Waals surface area (Å²) in [5.74, 6) is -5.40. The summed E-state index contributed by atoms with van der Waals surface area (Å²) in [6.45, 7) is 10.2. The van der Waals surface area contributed by atoms with E-state index in [4.69, 9.17) is 29.4 Å². The Morgan fingerprint density at radius 1 is 0.729 bits per heavy atom. The van der Waals surface area contributed by atoms with Crippen LogP contribution in [0.4, 0.5) is 0 Å². The number of aliphatic hydroxyl groups excluding tert-OH is 9. The molecule has 3 rings (SSSR count). The zero-order valence-electron chi connectivity index (χ0n) is 40.7. The van der Waals surface area contributed by atoms with Gasteiger partial charge in [0.25, 0.3) is 0 Å². The molecule has 394 valence electrons. The summed E-state index contributed by atoms with van der Waals surface area (Å²) in [5.41, 5.74) is 6.10. The Morgan fingerprint density at radius 3 is 1.94 bits per heavy atom. The fraction of sp³-hybridized carbons (Fsp3) is 0.615. The molecule has 19 atom stereocenters. The molecule has 70 heavy (non-hydrogen) atoms. The van der Waals surface area contributed by atoms with Gasteiger partial charge in [0, 0.05) is 49.5 Å². The molecule has 0 aliphatic carbocycles. The summed E-state index contributed by atoms with van der Waals surface area (Å²) in [7, 11) is 0. The Bertz CT molecular complexity index is 1830. The third kappa shape index (κ3) is 21.0.